The number of nitrogens with zero attached hydrogens (tertiary/aromatic N) is 4. The summed E-state index contributed by atoms with van der Waals surface area (Å²) >= 11 is 0. The lowest BCUT2D eigenvalue weighted by atomic mass is 9.83. The van der Waals surface area contributed by atoms with E-state index in [1.54, 1.807) is 33.8 Å². The molecular formula is C31H44N6O8. The molecule has 2 aromatic rings. The van der Waals surface area contributed by atoms with Gasteiger partial charge in [-0.25, -0.2) is 9.50 Å². The zero-order chi connectivity index (χ0) is 32.9. The number of esters is 2. The van der Waals surface area contributed by atoms with Gasteiger partial charge in [-0.05, 0) is 57.1 Å². The van der Waals surface area contributed by atoms with Crippen LogP contribution in [0.3, 0.4) is 0 Å². The highest BCUT2D eigenvalue weighted by Crippen LogP contribution is 2.42. The van der Waals surface area contributed by atoms with Crippen LogP contribution in [0.4, 0.5) is 5.82 Å². The first-order valence-electron chi connectivity index (χ1n) is 15.5. The van der Waals surface area contributed by atoms with Crippen LogP contribution in [0.2, 0.25) is 0 Å². The van der Waals surface area contributed by atoms with Crippen LogP contribution in [0.1, 0.15) is 78.8 Å². The normalized spacial score (nSPS) is 24.2. The Bertz CT molecular complexity index is 1420. The van der Waals surface area contributed by atoms with Gasteiger partial charge in [-0.2, -0.15) is 10.4 Å². The van der Waals surface area contributed by atoms with Gasteiger partial charge in [0, 0.05) is 13.0 Å². The number of hydrogen-bond donors (Lipinski definition) is 3. The van der Waals surface area contributed by atoms with Gasteiger partial charge >= 0.3 is 11.9 Å². The van der Waals surface area contributed by atoms with Crippen molar-refractivity contribution in [1.82, 2.24) is 14.6 Å². The molecule has 4 N–H and O–H groups in total. The number of aliphatic hydroxyl groups is 1. The Morgan fingerprint density at radius 2 is 2.04 bits per heavy atom. The van der Waals surface area contributed by atoms with E-state index in [2.05, 4.69) is 15.4 Å². The predicted molar refractivity (Wildman–Crippen MR) is 160 cm³/mol. The van der Waals surface area contributed by atoms with Gasteiger partial charge in [0.05, 0.1) is 5.69 Å². The monoisotopic (exact) mass is 628 g/mol. The maximum atomic E-state index is 13.1. The summed E-state index contributed by atoms with van der Waals surface area (Å²) in [6.45, 7) is 8.86. The van der Waals surface area contributed by atoms with Crippen molar-refractivity contribution < 1.29 is 38.4 Å². The topological polar surface area (TPSA) is 200 Å². The molecule has 2 aliphatic rings. The summed E-state index contributed by atoms with van der Waals surface area (Å²) < 4.78 is 24.3. The highest BCUT2D eigenvalue weighted by Gasteiger charge is 2.60. The van der Waals surface area contributed by atoms with Crippen LogP contribution in [-0.4, -0.2) is 80.7 Å². The van der Waals surface area contributed by atoms with Crippen molar-refractivity contribution in [3.8, 4) is 6.07 Å². The second-order valence-electron chi connectivity index (χ2n) is 12.6. The molecule has 0 radical (unpaired) electrons. The predicted octanol–water partition coefficient (Wildman–Crippen LogP) is 2.37. The van der Waals surface area contributed by atoms with Crippen molar-refractivity contribution >= 4 is 29.2 Å². The Morgan fingerprint density at radius 3 is 2.67 bits per heavy atom. The zero-order valence-electron chi connectivity index (χ0n) is 26.5. The fourth-order valence-electron chi connectivity index (χ4n) is 5.20. The van der Waals surface area contributed by atoms with E-state index >= 15 is 0 Å². The van der Waals surface area contributed by atoms with E-state index in [-0.39, 0.29) is 36.4 Å². The summed E-state index contributed by atoms with van der Waals surface area (Å²) in [5.41, 5.74) is 3.14. The van der Waals surface area contributed by atoms with Crippen LogP contribution in [0.25, 0.3) is 5.52 Å². The third-order valence-electron chi connectivity index (χ3n) is 8.50. The quantitative estimate of drug-likeness (QED) is 0.204. The number of unbranched alkanes of at least 4 members (excludes halogenated alkanes) is 1. The maximum Gasteiger partial charge on any atom is 0.323 e. The molecule has 2 fully saturated rings. The molecule has 0 unspecified atom stereocenters. The largest absolute Gasteiger partial charge is 0.463 e. The summed E-state index contributed by atoms with van der Waals surface area (Å²) in [5, 5.41) is 29.1. The number of nitrogens with one attached hydrogen (secondary N) is 1. The highest BCUT2D eigenvalue weighted by atomic mass is 16.6. The number of nitriles is 1. The van der Waals surface area contributed by atoms with Crippen LogP contribution in [-0.2, 0) is 38.9 Å². The van der Waals surface area contributed by atoms with E-state index in [0.29, 0.717) is 12.1 Å². The molecule has 1 saturated carbocycles. The number of fused-ring (bicyclic) bond motifs is 1. The molecule has 3 heterocycles. The van der Waals surface area contributed by atoms with Gasteiger partial charge in [-0.3, -0.25) is 14.4 Å². The van der Waals surface area contributed by atoms with Crippen LogP contribution in [0.15, 0.2) is 18.5 Å². The van der Waals surface area contributed by atoms with E-state index in [1.807, 2.05) is 13.0 Å². The van der Waals surface area contributed by atoms with Gasteiger partial charge in [0.1, 0.15) is 48.4 Å². The Kier molecular flexibility index (Phi) is 10.8. The molecule has 0 aromatic carbocycles. The molecule has 2 aromatic heterocycles. The number of nitrogens with two attached hydrogens (primary N) is 1. The van der Waals surface area contributed by atoms with Crippen molar-refractivity contribution in [3.63, 3.8) is 0 Å². The number of hydrogen-bond acceptors (Lipinski definition) is 12. The van der Waals surface area contributed by atoms with Crippen LogP contribution in [0, 0.1) is 23.2 Å². The molecule has 0 spiro atoms. The molecule has 4 rings (SSSR count). The number of aromatic nitrogens is 3. The number of carbonyl (C=O) groups excluding carboxylic acids is 3. The second kappa shape index (κ2) is 14.2. The van der Waals surface area contributed by atoms with Crippen molar-refractivity contribution in [1.29, 1.82) is 5.26 Å². The summed E-state index contributed by atoms with van der Waals surface area (Å²) in [4.78, 5) is 42.7. The molecule has 1 saturated heterocycles. The van der Waals surface area contributed by atoms with E-state index in [4.69, 9.17) is 24.7 Å². The Morgan fingerprint density at radius 1 is 1.31 bits per heavy atom. The molecule has 0 bridgehead atoms. The molecule has 1 amide bonds. The molecular weight excluding hydrogens is 584 g/mol. The lowest BCUT2D eigenvalue weighted by Crippen LogP contribution is -2.46. The van der Waals surface area contributed by atoms with E-state index in [0.717, 1.165) is 32.1 Å². The van der Waals surface area contributed by atoms with Gasteiger partial charge < -0.3 is 35.1 Å². The van der Waals surface area contributed by atoms with Crippen LogP contribution < -0.4 is 11.1 Å². The minimum Gasteiger partial charge on any atom is -0.463 e. The fraction of sp³-hybridized carbons (Fsp3) is 0.677. The van der Waals surface area contributed by atoms with E-state index in [9.17, 15) is 24.8 Å². The fourth-order valence-corrected chi connectivity index (χ4v) is 5.20. The van der Waals surface area contributed by atoms with E-state index < -0.39 is 53.4 Å². The van der Waals surface area contributed by atoms with Crippen molar-refractivity contribution in [2.45, 2.75) is 109 Å². The lowest BCUT2D eigenvalue weighted by molar-refractivity contribution is -0.162. The SMILES string of the molecule is CCCCOC(C)(C)C(=O)Nc1ncnn2c([C@]3(C#N)O[C@H](COC(=O)CC4CCC4)[C@@H](OC(=O)[C@H](N)C(C)C)[C@H]3O)ccc12. The van der Waals surface area contributed by atoms with Crippen LogP contribution >= 0.6 is 0 Å². The standard InChI is InChI=1S/C31H44N6O8/c1-6-7-13-43-30(4,5)29(41)36-27-20-11-12-22(37(20)35-17-34-27)31(16-32)26(39)25(44-28(40)24(33)18(2)3)21(45-31)15-42-23(38)14-19-9-8-10-19/h11-12,17-19,21,24-26,39H,6-10,13-15,33H2,1-5H3,(H,34,35,36,41)/t21-,24-,25-,26-,31+/m1/s1. The molecule has 14 heteroatoms. The maximum absolute atomic E-state index is 13.1. The smallest absolute Gasteiger partial charge is 0.323 e. The van der Waals surface area contributed by atoms with Gasteiger partial charge in [0.15, 0.2) is 11.9 Å². The van der Waals surface area contributed by atoms with Crippen molar-refractivity contribution in [2.75, 3.05) is 18.5 Å². The third kappa shape index (κ3) is 7.27. The molecule has 14 nitrogen and oxygen atoms in total. The number of rotatable bonds is 14. The molecule has 5 atom stereocenters. The Balaban J connectivity index is 1.63. The summed E-state index contributed by atoms with van der Waals surface area (Å²) in [6.07, 6.45) is 1.81. The van der Waals surface area contributed by atoms with Crippen molar-refractivity contribution in [2.24, 2.45) is 17.6 Å². The summed E-state index contributed by atoms with van der Waals surface area (Å²) in [7, 11) is 0. The number of carbonyl (C=O) groups is 3. The summed E-state index contributed by atoms with van der Waals surface area (Å²) in [6, 6.07) is 4.09. The van der Waals surface area contributed by atoms with Crippen molar-refractivity contribution in [3.05, 3.63) is 24.2 Å². The second-order valence-corrected chi connectivity index (χ2v) is 12.6. The lowest BCUT2D eigenvalue weighted by Gasteiger charge is -2.26. The molecule has 1 aliphatic carbocycles. The van der Waals surface area contributed by atoms with Gasteiger partial charge in [0.2, 0.25) is 5.60 Å². The number of amides is 1. The minimum atomic E-state index is -2.11. The Hall–Kier alpha value is -3.64. The molecule has 246 valence electrons. The van der Waals surface area contributed by atoms with Gasteiger partial charge in [0.25, 0.3) is 5.91 Å². The Labute approximate surface area is 262 Å². The highest BCUT2D eigenvalue weighted by molar-refractivity contribution is 5.98. The first-order chi connectivity index (χ1) is 21.3. The van der Waals surface area contributed by atoms with Crippen LogP contribution in [0.5, 0.6) is 0 Å². The number of ether oxygens (including phenoxy) is 4. The first kappa shape index (κ1) is 34.2. The average molecular weight is 629 g/mol. The number of aliphatic hydroxyl groups excluding tert-OH is 1. The molecule has 1 aliphatic heterocycles. The first-order valence-corrected chi connectivity index (χ1v) is 15.5. The summed E-state index contributed by atoms with van der Waals surface area (Å²) in [5.74, 6) is -1.54. The van der Waals surface area contributed by atoms with Gasteiger partial charge in [-0.15, -0.1) is 0 Å². The van der Waals surface area contributed by atoms with E-state index in [1.165, 1.54) is 16.9 Å². The number of anilines is 1. The van der Waals surface area contributed by atoms with Gasteiger partial charge in [-0.1, -0.05) is 33.6 Å². The minimum absolute atomic E-state index is 0.0846. The molecule has 45 heavy (non-hydrogen) atoms. The average Bonchev–Trinajstić information content (AvgIpc) is 3.53. The zero-order valence-corrected chi connectivity index (χ0v) is 26.5. The third-order valence-corrected chi connectivity index (χ3v) is 8.50.